The normalized spacial score (nSPS) is 18.2. The van der Waals surface area contributed by atoms with Crippen LogP contribution in [0.5, 0.6) is 0 Å². The van der Waals surface area contributed by atoms with Gasteiger partial charge in [-0.25, -0.2) is 9.18 Å². The van der Waals surface area contributed by atoms with Crippen molar-refractivity contribution in [3.63, 3.8) is 0 Å². The summed E-state index contributed by atoms with van der Waals surface area (Å²) in [5.41, 5.74) is 3.54. The molecule has 0 spiro atoms. The number of nitrogens with zero attached hydrogens (tertiary/aromatic N) is 4. The minimum absolute atomic E-state index is 0.188. The Morgan fingerprint density at radius 2 is 1.67 bits per heavy atom. The number of likely N-dealkylation sites (tertiary alicyclic amines) is 1. The van der Waals surface area contributed by atoms with Crippen molar-refractivity contribution in [1.82, 2.24) is 19.3 Å². The summed E-state index contributed by atoms with van der Waals surface area (Å²) in [5, 5.41) is 1.29. The van der Waals surface area contributed by atoms with Crippen LogP contribution in [0, 0.1) is 5.82 Å². The van der Waals surface area contributed by atoms with E-state index in [1.54, 1.807) is 0 Å². The second-order valence-electron chi connectivity index (χ2n) is 9.62. The molecule has 2 amide bonds. The Kier molecular flexibility index (Phi) is 6.11. The number of carbonyl (C=O) groups excluding carboxylic acids is 1. The number of amides is 2. The van der Waals surface area contributed by atoms with Gasteiger partial charge >= 0.3 is 6.03 Å². The fourth-order valence-corrected chi connectivity index (χ4v) is 5.36. The molecule has 0 unspecified atom stereocenters. The van der Waals surface area contributed by atoms with E-state index in [1.165, 1.54) is 28.6 Å². The first-order valence-electron chi connectivity index (χ1n) is 12.1. The molecule has 3 heterocycles. The third kappa shape index (κ3) is 4.36. The van der Waals surface area contributed by atoms with Crippen LogP contribution in [0.1, 0.15) is 38.2 Å². The molecular formula is C27H33FN4O. The summed E-state index contributed by atoms with van der Waals surface area (Å²) in [6.07, 6.45) is 4.48. The second kappa shape index (κ2) is 9.18. The highest BCUT2D eigenvalue weighted by Crippen LogP contribution is 2.35. The molecule has 5 nitrogen and oxygen atoms in total. The van der Waals surface area contributed by atoms with E-state index in [9.17, 15) is 9.18 Å². The number of hydrogen-bond donors (Lipinski definition) is 0. The molecule has 0 saturated carbocycles. The van der Waals surface area contributed by atoms with E-state index in [1.807, 2.05) is 21.9 Å². The maximum atomic E-state index is 13.4. The van der Waals surface area contributed by atoms with Crippen molar-refractivity contribution in [2.75, 3.05) is 39.3 Å². The summed E-state index contributed by atoms with van der Waals surface area (Å²) < 4.78 is 15.6. The van der Waals surface area contributed by atoms with Crippen molar-refractivity contribution >= 4 is 16.9 Å². The summed E-state index contributed by atoms with van der Waals surface area (Å²) in [6.45, 7) is 9.72. The molecule has 6 heteroatoms. The monoisotopic (exact) mass is 448 g/mol. The van der Waals surface area contributed by atoms with E-state index in [2.05, 4.69) is 53.8 Å². The molecule has 2 saturated heterocycles. The van der Waals surface area contributed by atoms with E-state index in [0.29, 0.717) is 5.92 Å². The van der Waals surface area contributed by atoms with Gasteiger partial charge in [0.05, 0.1) is 5.52 Å². The molecule has 0 bridgehead atoms. The standard InChI is InChI=1S/C27H33FN4O/c1-20(2)31-18-17-30(27(31)33)16-15-29-13-11-21(12-14-29)25-19-32(23-9-7-22(28)8-10-23)26-6-4-3-5-24(25)26/h3-10,19-21H,11-18H2,1-2H3. The molecule has 0 atom stereocenters. The zero-order valence-corrected chi connectivity index (χ0v) is 19.6. The van der Waals surface area contributed by atoms with E-state index in [-0.39, 0.29) is 17.9 Å². The quantitative estimate of drug-likeness (QED) is 0.526. The molecule has 33 heavy (non-hydrogen) atoms. The summed E-state index contributed by atoms with van der Waals surface area (Å²) in [5.74, 6) is 0.299. The molecule has 5 rings (SSSR count). The molecule has 3 aromatic rings. The number of piperidine rings is 1. The first-order valence-corrected chi connectivity index (χ1v) is 12.1. The van der Waals surface area contributed by atoms with Crippen LogP contribution in [0.3, 0.4) is 0 Å². The summed E-state index contributed by atoms with van der Waals surface area (Å²) in [7, 11) is 0. The van der Waals surface area contributed by atoms with Crippen LogP contribution < -0.4 is 0 Å². The lowest BCUT2D eigenvalue weighted by molar-refractivity contribution is 0.166. The van der Waals surface area contributed by atoms with Gasteiger partial charge < -0.3 is 19.3 Å². The number of carbonyl (C=O) groups is 1. The van der Waals surface area contributed by atoms with Crippen LogP contribution >= 0.6 is 0 Å². The van der Waals surface area contributed by atoms with E-state index >= 15 is 0 Å². The van der Waals surface area contributed by atoms with Gasteiger partial charge in [-0.3, -0.25) is 0 Å². The van der Waals surface area contributed by atoms with Crippen LogP contribution in [0.15, 0.2) is 54.7 Å². The largest absolute Gasteiger partial charge is 0.322 e. The lowest BCUT2D eigenvalue weighted by Crippen LogP contribution is -2.41. The van der Waals surface area contributed by atoms with Crippen LogP contribution in [-0.2, 0) is 0 Å². The average Bonchev–Trinajstić information content (AvgIpc) is 3.39. The number of rotatable bonds is 6. The third-order valence-electron chi connectivity index (χ3n) is 7.31. The second-order valence-corrected chi connectivity index (χ2v) is 9.62. The van der Waals surface area contributed by atoms with Gasteiger partial charge in [0.25, 0.3) is 0 Å². The molecule has 2 fully saturated rings. The number of para-hydroxylation sites is 1. The van der Waals surface area contributed by atoms with Crippen LogP contribution in [0.2, 0.25) is 0 Å². The molecular weight excluding hydrogens is 415 g/mol. The maximum absolute atomic E-state index is 13.4. The molecule has 2 aliphatic rings. The van der Waals surface area contributed by atoms with E-state index in [0.717, 1.165) is 57.8 Å². The Labute approximate surface area is 195 Å². The molecule has 2 aromatic carbocycles. The number of fused-ring (bicyclic) bond motifs is 1. The van der Waals surface area contributed by atoms with E-state index < -0.39 is 0 Å². The van der Waals surface area contributed by atoms with Crippen LogP contribution in [-0.4, -0.2) is 70.6 Å². The van der Waals surface area contributed by atoms with Crippen LogP contribution in [0.25, 0.3) is 16.6 Å². The van der Waals surface area contributed by atoms with Crippen molar-refractivity contribution in [2.24, 2.45) is 0 Å². The third-order valence-corrected chi connectivity index (χ3v) is 7.31. The molecule has 0 aliphatic carbocycles. The summed E-state index contributed by atoms with van der Waals surface area (Å²) in [6, 6.07) is 15.7. The Balaban J connectivity index is 1.25. The Morgan fingerprint density at radius 3 is 2.36 bits per heavy atom. The Morgan fingerprint density at radius 1 is 0.939 bits per heavy atom. The molecule has 174 valence electrons. The van der Waals surface area contributed by atoms with Gasteiger partial charge in [0.1, 0.15) is 5.82 Å². The zero-order chi connectivity index (χ0) is 22.9. The SMILES string of the molecule is CC(C)N1CCN(CCN2CCC(c3cn(-c4ccc(F)cc4)c4ccccc34)CC2)C1=O. The zero-order valence-electron chi connectivity index (χ0n) is 19.6. The van der Waals surface area contributed by atoms with Crippen molar-refractivity contribution in [3.8, 4) is 5.69 Å². The van der Waals surface area contributed by atoms with Crippen LogP contribution in [0.4, 0.5) is 9.18 Å². The molecule has 1 aromatic heterocycles. The minimum Gasteiger partial charge on any atom is -0.322 e. The topological polar surface area (TPSA) is 31.7 Å². The van der Waals surface area contributed by atoms with E-state index in [4.69, 9.17) is 0 Å². The van der Waals surface area contributed by atoms with Crippen molar-refractivity contribution in [3.05, 3.63) is 66.1 Å². The molecule has 2 aliphatic heterocycles. The number of benzene rings is 2. The predicted molar refractivity (Wildman–Crippen MR) is 130 cm³/mol. The van der Waals surface area contributed by atoms with Gasteiger partial charge in [-0.2, -0.15) is 0 Å². The summed E-state index contributed by atoms with van der Waals surface area (Å²) >= 11 is 0. The van der Waals surface area contributed by atoms with Crippen molar-refractivity contribution < 1.29 is 9.18 Å². The van der Waals surface area contributed by atoms with Gasteiger partial charge in [-0.1, -0.05) is 18.2 Å². The fraction of sp³-hybridized carbons (Fsp3) is 0.444. The minimum atomic E-state index is -0.213. The van der Waals surface area contributed by atoms with Gasteiger partial charge in [-0.05, 0) is 81.6 Å². The van der Waals surface area contributed by atoms with Gasteiger partial charge in [0, 0.05) is 49.5 Å². The van der Waals surface area contributed by atoms with Gasteiger partial charge in [-0.15, -0.1) is 0 Å². The van der Waals surface area contributed by atoms with Gasteiger partial charge in [0.2, 0.25) is 0 Å². The number of aromatic nitrogens is 1. The highest BCUT2D eigenvalue weighted by Gasteiger charge is 2.30. The lowest BCUT2D eigenvalue weighted by Gasteiger charge is -2.33. The lowest BCUT2D eigenvalue weighted by atomic mass is 9.89. The predicted octanol–water partition coefficient (Wildman–Crippen LogP) is 5.10. The van der Waals surface area contributed by atoms with Crippen molar-refractivity contribution in [2.45, 2.75) is 38.6 Å². The number of urea groups is 1. The number of hydrogen-bond acceptors (Lipinski definition) is 2. The first kappa shape index (κ1) is 22.0. The highest BCUT2D eigenvalue weighted by atomic mass is 19.1. The molecule has 0 N–H and O–H groups in total. The first-order chi connectivity index (χ1) is 16.0. The number of halogens is 1. The Hall–Kier alpha value is -2.86. The maximum Gasteiger partial charge on any atom is 0.320 e. The Bertz CT molecular complexity index is 1110. The summed E-state index contributed by atoms with van der Waals surface area (Å²) in [4.78, 5) is 19.0. The smallest absolute Gasteiger partial charge is 0.320 e. The van der Waals surface area contributed by atoms with Gasteiger partial charge in [0.15, 0.2) is 0 Å². The fourth-order valence-electron chi connectivity index (χ4n) is 5.36. The van der Waals surface area contributed by atoms with Crippen molar-refractivity contribution in [1.29, 1.82) is 0 Å². The highest BCUT2D eigenvalue weighted by molar-refractivity contribution is 5.86. The molecule has 0 radical (unpaired) electrons. The average molecular weight is 449 g/mol.